The number of likely N-dealkylation sites (N-methyl/N-ethyl adjacent to an activating group) is 1. The topological polar surface area (TPSA) is 29.5 Å². The minimum absolute atomic E-state index is 0.118. The Morgan fingerprint density at radius 2 is 1.91 bits per heavy atom. The highest BCUT2D eigenvalue weighted by atomic mass is 16.5. The third-order valence-corrected chi connectivity index (χ3v) is 4.87. The number of benzene rings is 1. The van der Waals surface area contributed by atoms with Crippen molar-refractivity contribution in [1.29, 1.82) is 0 Å². The van der Waals surface area contributed by atoms with Gasteiger partial charge in [-0.05, 0) is 56.4 Å². The lowest BCUT2D eigenvalue weighted by molar-refractivity contribution is -0.140. The molecule has 1 aromatic rings. The average Bonchev–Trinajstić information content (AvgIpc) is 2.55. The molecule has 1 atom stereocenters. The summed E-state index contributed by atoms with van der Waals surface area (Å²) in [6, 6.07) is 6.41. The van der Waals surface area contributed by atoms with Crippen molar-refractivity contribution in [3.05, 3.63) is 29.3 Å². The second-order valence-electron chi connectivity index (χ2n) is 6.50. The van der Waals surface area contributed by atoms with E-state index in [-0.39, 0.29) is 12.0 Å². The highest BCUT2D eigenvalue weighted by molar-refractivity contribution is 5.81. The maximum Gasteiger partial charge on any atom is 0.263 e. The van der Waals surface area contributed by atoms with Gasteiger partial charge in [-0.25, -0.2) is 0 Å². The van der Waals surface area contributed by atoms with E-state index in [2.05, 4.69) is 13.8 Å². The van der Waals surface area contributed by atoms with Crippen molar-refractivity contribution in [3.63, 3.8) is 0 Å². The molecule has 122 valence electrons. The van der Waals surface area contributed by atoms with E-state index in [4.69, 9.17) is 4.74 Å². The molecule has 3 nitrogen and oxygen atoms in total. The maximum absolute atomic E-state index is 12.7. The molecule has 0 aliphatic heterocycles. The van der Waals surface area contributed by atoms with Crippen molar-refractivity contribution < 1.29 is 9.53 Å². The highest BCUT2D eigenvalue weighted by Crippen LogP contribution is 2.24. The zero-order valence-electron chi connectivity index (χ0n) is 14.4. The van der Waals surface area contributed by atoms with E-state index < -0.39 is 0 Å². The Hall–Kier alpha value is -1.51. The van der Waals surface area contributed by atoms with E-state index in [1.165, 1.54) is 30.4 Å². The van der Waals surface area contributed by atoms with E-state index in [9.17, 15) is 4.79 Å². The summed E-state index contributed by atoms with van der Waals surface area (Å²) in [7, 11) is 1.94. The van der Waals surface area contributed by atoms with Crippen LogP contribution < -0.4 is 4.74 Å². The molecule has 0 radical (unpaired) electrons. The molecule has 1 saturated carbocycles. The Kier molecular flexibility index (Phi) is 5.87. The van der Waals surface area contributed by atoms with Crippen molar-refractivity contribution in [2.75, 3.05) is 7.05 Å². The number of aryl methyl sites for hydroxylation is 2. The van der Waals surface area contributed by atoms with Gasteiger partial charge in [-0.2, -0.15) is 0 Å². The Bertz CT molecular complexity index is 506. The first kappa shape index (κ1) is 16.9. The van der Waals surface area contributed by atoms with Crippen molar-refractivity contribution in [1.82, 2.24) is 4.90 Å². The monoisotopic (exact) mass is 303 g/mol. The van der Waals surface area contributed by atoms with Gasteiger partial charge in [-0.1, -0.05) is 32.3 Å². The molecule has 1 amide bonds. The van der Waals surface area contributed by atoms with Crippen molar-refractivity contribution in [3.8, 4) is 5.75 Å². The van der Waals surface area contributed by atoms with E-state index in [0.717, 1.165) is 18.6 Å². The van der Waals surface area contributed by atoms with Gasteiger partial charge in [0.25, 0.3) is 5.91 Å². The van der Waals surface area contributed by atoms with Gasteiger partial charge in [-0.3, -0.25) is 4.79 Å². The van der Waals surface area contributed by atoms with Crippen LogP contribution >= 0.6 is 0 Å². The number of carbonyl (C=O) groups excluding carboxylic acids is 1. The van der Waals surface area contributed by atoms with Crippen LogP contribution in [0.5, 0.6) is 5.75 Å². The summed E-state index contributed by atoms with van der Waals surface area (Å²) < 4.78 is 5.98. The molecule has 22 heavy (non-hydrogen) atoms. The fraction of sp³-hybridized carbons (Fsp3) is 0.632. The van der Waals surface area contributed by atoms with Crippen LogP contribution in [0.3, 0.4) is 0 Å². The summed E-state index contributed by atoms with van der Waals surface area (Å²) in [5.74, 6) is 0.910. The Balaban J connectivity index is 2.02. The number of ether oxygens (including phenoxy) is 1. The summed E-state index contributed by atoms with van der Waals surface area (Å²) in [5.41, 5.74) is 2.44. The number of rotatable bonds is 5. The minimum Gasteiger partial charge on any atom is -0.481 e. The third-order valence-electron chi connectivity index (χ3n) is 4.87. The van der Waals surface area contributed by atoms with Gasteiger partial charge in [0, 0.05) is 13.1 Å². The first-order valence-electron chi connectivity index (χ1n) is 8.53. The standard InChI is InChI=1S/C19H29NO2/c1-5-18(22-17-12-11-14(2)15(3)13-17)19(21)20(4)16-9-7-6-8-10-16/h11-13,16,18H,5-10H2,1-4H3/t18-/m0/s1. The van der Waals surface area contributed by atoms with Crippen molar-refractivity contribution >= 4 is 5.91 Å². The van der Waals surface area contributed by atoms with Gasteiger partial charge in [0.15, 0.2) is 6.10 Å². The van der Waals surface area contributed by atoms with Crippen molar-refractivity contribution in [2.45, 2.75) is 71.4 Å². The summed E-state index contributed by atoms with van der Waals surface area (Å²) in [4.78, 5) is 14.7. The van der Waals surface area contributed by atoms with Gasteiger partial charge >= 0.3 is 0 Å². The average molecular weight is 303 g/mol. The summed E-state index contributed by atoms with van der Waals surface area (Å²) >= 11 is 0. The van der Waals surface area contributed by atoms with Gasteiger partial charge in [0.05, 0.1) is 0 Å². The van der Waals surface area contributed by atoms with Crippen LogP contribution in [0.15, 0.2) is 18.2 Å². The Morgan fingerprint density at radius 3 is 2.50 bits per heavy atom. The zero-order chi connectivity index (χ0) is 16.1. The molecule has 3 heteroatoms. The van der Waals surface area contributed by atoms with Crippen LogP contribution in [0.1, 0.15) is 56.6 Å². The smallest absolute Gasteiger partial charge is 0.263 e. The first-order valence-corrected chi connectivity index (χ1v) is 8.53. The van der Waals surface area contributed by atoms with E-state index in [1.807, 2.05) is 37.1 Å². The number of nitrogens with zero attached hydrogens (tertiary/aromatic N) is 1. The molecule has 0 saturated heterocycles. The number of amides is 1. The lowest BCUT2D eigenvalue weighted by Gasteiger charge is -2.33. The molecule has 1 aliphatic rings. The summed E-state index contributed by atoms with van der Waals surface area (Å²) in [6.07, 6.45) is 6.34. The van der Waals surface area contributed by atoms with Crippen LogP contribution in [0.25, 0.3) is 0 Å². The van der Waals surface area contributed by atoms with Gasteiger partial charge in [-0.15, -0.1) is 0 Å². The molecule has 0 aromatic heterocycles. The predicted molar refractivity (Wildman–Crippen MR) is 90.3 cm³/mol. The molecular weight excluding hydrogens is 274 g/mol. The fourth-order valence-corrected chi connectivity index (χ4v) is 3.14. The van der Waals surface area contributed by atoms with Crippen LogP contribution in [0.2, 0.25) is 0 Å². The maximum atomic E-state index is 12.7. The molecule has 0 unspecified atom stereocenters. The molecular formula is C19H29NO2. The highest BCUT2D eigenvalue weighted by Gasteiger charge is 2.28. The number of hydrogen-bond donors (Lipinski definition) is 0. The summed E-state index contributed by atoms with van der Waals surface area (Å²) in [6.45, 7) is 6.16. The van der Waals surface area contributed by atoms with Crippen LogP contribution in [0, 0.1) is 13.8 Å². The summed E-state index contributed by atoms with van der Waals surface area (Å²) in [5, 5.41) is 0. The van der Waals surface area contributed by atoms with Gasteiger partial charge in [0.2, 0.25) is 0 Å². The van der Waals surface area contributed by atoms with E-state index >= 15 is 0 Å². The van der Waals surface area contributed by atoms with Crippen LogP contribution in [-0.4, -0.2) is 30.0 Å². The lowest BCUT2D eigenvalue weighted by Crippen LogP contribution is -2.45. The molecule has 0 heterocycles. The second-order valence-corrected chi connectivity index (χ2v) is 6.50. The molecule has 1 aromatic carbocycles. The molecule has 0 spiro atoms. The molecule has 1 aliphatic carbocycles. The van der Waals surface area contributed by atoms with Gasteiger partial charge in [0.1, 0.15) is 5.75 Å². The first-order chi connectivity index (χ1) is 10.5. The SMILES string of the molecule is CC[C@H](Oc1ccc(C)c(C)c1)C(=O)N(C)C1CCCCC1. The van der Waals surface area contributed by atoms with Crippen molar-refractivity contribution in [2.24, 2.45) is 0 Å². The fourth-order valence-electron chi connectivity index (χ4n) is 3.14. The molecule has 0 bridgehead atoms. The molecule has 0 N–H and O–H groups in total. The second kappa shape index (κ2) is 7.66. The Morgan fingerprint density at radius 1 is 1.23 bits per heavy atom. The predicted octanol–water partition coefficient (Wildman–Crippen LogP) is 4.25. The number of hydrogen-bond acceptors (Lipinski definition) is 2. The quantitative estimate of drug-likeness (QED) is 0.813. The number of carbonyl (C=O) groups is 1. The molecule has 1 fully saturated rings. The normalized spacial score (nSPS) is 17.1. The van der Waals surface area contributed by atoms with Crippen LogP contribution in [0.4, 0.5) is 0 Å². The minimum atomic E-state index is -0.381. The largest absolute Gasteiger partial charge is 0.481 e. The molecule has 2 rings (SSSR count). The lowest BCUT2D eigenvalue weighted by atomic mass is 9.94. The van der Waals surface area contributed by atoms with Gasteiger partial charge < -0.3 is 9.64 Å². The van der Waals surface area contributed by atoms with E-state index in [0.29, 0.717) is 12.5 Å². The third kappa shape index (κ3) is 4.02. The van der Waals surface area contributed by atoms with Crippen LogP contribution in [-0.2, 0) is 4.79 Å². The van der Waals surface area contributed by atoms with E-state index in [1.54, 1.807) is 0 Å². The zero-order valence-corrected chi connectivity index (χ0v) is 14.4. The Labute approximate surface area is 134 Å².